The Morgan fingerprint density at radius 1 is 0.710 bits per heavy atom. The molecule has 0 bridgehead atoms. The highest BCUT2D eigenvalue weighted by atomic mass is 14.4. The third kappa shape index (κ3) is 8.25. The highest BCUT2D eigenvalue weighted by Gasteiger charge is 2.31. The van der Waals surface area contributed by atoms with Crippen molar-refractivity contribution in [3.8, 4) is 0 Å². The van der Waals surface area contributed by atoms with Gasteiger partial charge in [0.05, 0.1) is 0 Å². The Bertz CT molecular complexity index is 581. The lowest BCUT2D eigenvalue weighted by Crippen LogP contribution is -2.23. The van der Waals surface area contributed by atoms with Crippen LogP contribution in [-0.4, -0.2) is 0 Å². The predicted molar refractivity (Wildman–Crippen MR) is 138 cm³/mol. The molecule has 2 saturated carbocycles. The van der Waals surface area contributed by atoms with E-state index >= 15 is 0 Å². The summed E-state index contributed by atoms with van der Waals surface area (Å²) in [6, 6.07) is 9.87. The Labute approximate surface area is 195 Å². The second-order valence-corrected chi connectivity index (χ2v) is 11.7. The summed E-state index contributed by atoms with van der Waals surface area (Å²) in [5.74, 6) is 2.85. The van der Waals surface area contributed by atoms with E-state index in [-0.39, 0.29) is 0 Å². The average molecular weight is 425 g/mol. The minimum atomic E-state index is 0.624. The average Bonchev–Trinajstić information content (AvgIpc) is 2.80. The van der Waals surface area contributed by atoms with Crippen LogP contribution < -0.4 is 0 Å². The molecular weight excluding hydrogens is 372 g/mol. The van der Waals surface area contributed by atoms with Gasteiger partial charge in [-0.3, -0.25) is 0 Å². The molecule has 0 aromatic heterocycles. The number of rotatable bonds is 12. The van der Waals surface area contributed by atoms with E-state index in [2.05, 4.69) is 45.0 Å². The van der Waals surface area contributed by atoms with Crippen LogP contribution >= 0.6 is 0 Å². The van der Waals surface area contributed by atoms with Crippen molar-refractivity contribution in [2.45, 2.75) is 142 Å². The quantitative estimate of drug-likeness (QED) is 0.293. The summed E-state index contributed by atoms with van der Waals surface area (Å²) >= 11 is 0. The van der Waals surface area contributed by atoms with Gasteiger partial charge in [-0.2, -0.15) is 0 Å². The molecule has 0 N–H and O–H groups in total. The van der Waals surface area contributed by atoms with Crippen LogP contribution in [0.15, 0.2) is 24.3 Å². The standard InChI is InChI=1S/C31H52/c1-4-6-7-8-9-23-31(3)24-21-30(22-25-31)29-19-17-28(18-20-29)16-15-27-13-11-26(10-5-2)12-14-27/h17-20,26-27,30H,4-16,21-25H2,1-3H3/t26-,27-,30?,31?. The topological polar surface area (TPSA) is 0 Å². The van der Waals surface area contributed by atoms with Crippen LogP contribution in [0.5, 0.6) is 0 Å². The zero-order chi connectivity index (χ0) is 21.9. The highest BCUT2D eigenvalue weighted by Crippen LogP contribution is 2.45. The molecule has 0 heteroatoms. The third-order valence-corrected chi connectivity index (χ3v) is 9.03. The van der Waals surface area contributed by atoms with Crippen LogP contribution in [-0.2, 0) is 6.42 Å². The van der Waals surface area contributed by atoms with Gasteiger partial charge in [-0.25, -0.2) is 0 Å². The van der Waals surface area contributed by atoms with Gasteiger partial charge in [0.2, 0.25) is 0 Å². The third-order valence-electron chi connectivity index (χ3n) is 9.03. The van der Waals surface area contributed by atoms with E-state index in [0.29, 0.717) is 5.41 Å². The van der Waals surface area contributed by atoms with E-state index in [4.69, 9.17) is 0 Å². The lowest BCUT2D eigenvalue weighted by molar-refractivity contribution is 0.177. The maximum Gasteiger partial charge on any atom is -0.0162 e. The molecule has 0 nitrogen and oxygen atoms in total. The molecule has 0 atom stereocenters. The smallest absolute Gasteiger partial charge is 0.0162 e. The van der Waals surface area contributed by atoms with Crippen LogP contribution in [0.1, 0.15) is 147 Å². The number of hydrogen-bond acceptors (Lipinski definition) is 0. The minimum Gasteiger partial charge on any atom is -0.0654 e. The summed E-state index contributed by atoms with van der Waals surface area (Å²) < 4.78 is 0. The van der Waals surface area contributed by atoms with Gasteiger partial charge >= 0.3 is 0 Å². The van der Waals surface area contributed by atoms with Crippen LogP contribution in [0.4, 0.5) is 0 Å². The maximum absolute atomic E-state index is 2.57. The minimum absolute atomic E-state index is 0.624. The summed E-state index contributed by atoms with van der Waals surface area (Å²) in [5.41, 5.74) is 3.82. The second kappa shape index (κ2) is 13.1. The van der Waals surface area contributed by atoms with Gasteiger partial charge in [-0.1, -0.05) is 116 Å². The van der Waals surface area contributed by atoms with Crippen molar-refractivity contribution in [2.75, 3.05) is 0 Å². The highest BCUT2D eigenvalue weighted by molar-refractivity contribution is 5.26. The SMILES string of the molecule is CCCCCCCC1(C)CCC(c2ccc(CC[C@H]3CC[C@H](CCC)CC3)cc2)CC1. The van der Waals surface area contributed by atoms with E-state index in [9.17, 15) is 0 Å². The fourth-order valence-electron chi connectivity index (χ4n) is 6.60. The largest absolute Gasteiger partial charge is 0.0654 e. The van der Waals surface area contributed by atoms with Crippen molar-refractivity contribution in [1.82, 2.24) is 0 Å². The lowest BCUT2D eigenvalue weighted by atomic mass is 9.68. The molecule has 0 amide bonds. The summed E-state index contributed by atoms with van der Waals surface area (Å²) in [6.45, 7) is 7.23. The van der Waals surface area contributed by atoms with Crippen molar-refractivity contribution in [3.05, 3.63) is 35.4 Å². The fraction of sp³-hybridized carbons (Fsp3) is 0.806. The van der Waals surface area contributed by atoms with Crippen LogP contribution in [0.25, 0.3) is 0 Å². The first-order chi connectivity index (χ1) is 15.1. The van der Waals surface area contributed by atoms with Crippen molar-refractivity contribution in [3.63, 3.8) is 0 Å². The van der Waals surface area contributed by atoms with Crippen molar-refractivity contribution in [2.24, 2.45) is 17.3 Å². The van der Waals surface area contributed by atoms with E-state index in [1.165, 1.54) is 116 Å². The molecule has 1 aromatic rings. The van der Waals surface area contributed by atoms with Gasteiger partial charge in [0.15, 0.2) is 0 Å². The Balaban J connectivity index is 1.36. The Kier molecular flexibility index (Phi) is 10.5. The fourth-order valence-corrected chi connectivity index (χ4v) is 6.60. The van der Waals surface area contributed by atoms with Gasteiger partial charge in [0.1, 0.15) is 0 Å². The normalized spacial score (nSPS) is 29.2. The first-order valence-corrected chi connectivity index (χ1v) is 14.2. The van der Waals surface area contributed by atoms with Gasteiger partial charge < -0.3 is 0 Å². The van der Waals surface area contributed by atoms with Gasteiger partial charge in [0.25, 0.3) is 0 Å². The molecule has 176 valence electrons. The predicted octanol–water partition coefficient (Wildman–Crippen LogP) is 10.3. The maximum atomic E-state index is 2.57. The van der Waals surface area contributed by atoms with Gasteiger partial charge in [0, 0.05) is 0 Å². The molecule has 31 heavy (non-hydrogen) atoms. The van der Waals surface area contributed by atoms with E-state index in [1.54, 1.807) is 11.1 Å². The number of unbranched alkanes of at least 4 members (excludes halogenated alkanes) is 4. The molecule has 3 rings (SSSR count). The van der Waals surface area contributed by atoms with Crippen molar-refractivity contribution in [1.29, 1.82) is 0 Å². The number of benzene rings is 1. The summed E-state index contributed by atoms with van der Waals surface area (Å²) in [4.78, 5) is 0. The van der Waals surface area contributed by atoms with Crippen molar-refractivity contribution < 1.29 is 0 Å². The second-order valence-electron chi connectivity index (χ2n) is 11.7. The van der Waals surface area contributed by atoms with Crippen LogP contribution in [0, 0.1) is 17.3 Å². The monoisotopic (exact) mass is 424 g/mol. The Hall–Kier alpha value is -0.780. The zero-order valence-corrected chi connectivity index (χ0v) is 21.3. The molecule has 0 unspecified atom stereocenters. The molecule has 0 spiro atoms. The molecule has 2 fully saturated rings. The summed E-state index contributed by atoms with van der Waals surface area (Å²) in [6.07, 6.45) is 25.8. The molecule has 2 aliphatic carbocycles. The van der Waals surface area contributed by atoms with E-state index in [0.717, 1.165) is 17.8 Å². The van der Waals surface area contributed by atoms with E-state index in [1.807, 2.05) is 0 Å². The van der Waals surface area contributed by atoms with Crippen LogP contribution in [0.3, 0.4) is 0 Å². The lowest BCUT2D eigenvalue weighted by Gasteiger charge is -2.38. The number of aryl methyl sites for hydroxylation is 1. The molecule has 1 aromatic carbocycles. The molecular formula is C31H52. The molecule has 0 saturated heterocycles. The zero-order valence-electron chi connectivity index (χ0n) is 21.3. The van der Waals surface area contributed by atoms with Crippen molar-refractivity contribution >= 4 is 0 Å². The molecule has 0 heterocycles. The van der Waals surface area contributed by atoms with Gasteiger partial charge in [-0.05, 0) is 79.2 Å². The molecule has 0 radical (unpaired) electrons. The first kappa shape index (κ1) is 24.9. The molecule has 0 aliphatic heterocycles. The van der Waals surface area contributed by atoms with Gasteiger partial charge in [-0.15, -0.1) is 0 Å². The van der Waals surface area contributed by atoms with E-state index < -0.39 is 0 Å². The summed E-state index contributed by atoms with van der Waals surface area (Å²) in [5, 5.41) is 0. The summed E-state index contributed by atoms with van der Waals surface area (Å²) in [7, 11) is 0. The Morgan fingerprint density at radius 2 is 1.32 bits per heavy atom. The number of hydrogen-bond donors (Lipinski definition) is 0. The Morgan fingerprint density at radius 3 is 1.94 bits per heavy atom. The first-order valence-electron chi connectivity index (χ1n) is 14.2. The molecule has 2 aliphatic rings. The van der Waals surface area contributed by atoms with Crippen LogP contribution in [0.2, 0.25) is 0 Å².